The third kappa shape index (κ3) is 12.6. The fourth-order valence-corrected chi connectivity index (χ4v) is 0.400. The second kappa shape index (κ2) is 12.1. The molecule has 0 aromatic carbocycles. The summed E-state index contributed by atoms with van der Waals surface area (Å²) in [6.07, 6.45) is 0.247. The molecule has 0 heterocycles. The summed E-state index contributed by atoms with van der Waals surface area (Å²) in [5.74, 6) is 0. The van der Waals surface area contributed by atoms with Gasteiger partial charge in [-0.05, 0) is 6.42 Å². The van der Waals surface area contributed by atoms with Crippen LogP contribution in [-0.2, 0) is 4.79 Å². The fraction of sp³-hybridized carbons (Fsp3) is 0.857. The molecule has 0 aromatic heterocycles. The van der Waals surface area contributed by atoms with Crippen LogP contribution in [0, 0.1) is 0 Å². The van der Waals surface area contributed by atoms with Crippen LogP contribution in [0.25, 0.3) is 0 Å². The Morgan fingerprint density at radius 1 is 1.55 bits per heavy atom. The Balaban J connectivity index is 0. The van der Waals surface area contributed by atoms with E-state index >= 15 is 0 Å². The van der Waals surface area contributed by atoms with Gasteiger partial charge in [0.15, 0.2) is 0 Å². The van der Waals surface area contributed by atoms with Crippen LogP contribution in [0.4, 0.5) is 0 Å². The Hall–Kier alpha value is -0.610. The van der Waals surface area contributed by atoms with E-state index in [9.17, 15) is 4.79 Å². The lowest BCUT2D eigenvalue weighted by Crippen LogP contribution is -2.21. The lowest BCUT2D eigenvalue weighted by molar-refractivity contribution is -0.109. The molecular weight excluding hydrogens is 146 g/mol. The molecule has 68 valence electrons. The van der Waals surface area contributed by atoms with Gasteiger partial charge in [0.1, 0.15) is 0 Å². The topological polar surface area (TPSA) is 69.6 Å². The summed E-state index contributed by atoms with van der Waals surface area (Å²) in [4.78, 5) is 9.62. The van der Waals surface area contributed by atoms with Gasteiger partial charge in [-0.15, -0.1) is 0 Å². The molecule has 0 aromatic rings. The standard InChI is InChI=1S/C5H11NO3.C2H6/c7-3-5(9)1-2-6-4-8;1-2/h4-5,7,9H,1-3H2,(H,6,8);1-2H3. The molecular formula is C7H17NO3. The first-order valence-corrected chi connectivity index (χ1v) is 3.77. The van der Waals surface area contributed by atoms with Crippen LogP contribution >= 0.6 is 0 Å². The van der Waals surface area contributed by atoms with Gasteiger partial charge in [-0.25, -0.2) is 0 Å². The first-order chi connectivity index (χ1) is 5.31. The minimum absolute atomic E-state index is 0.249. The third-order valence-electron chi connectivity index (χ3n) is 0.916. The maximum atomic E-state index is 9.62. The first kappa shape index (κ1) is 13.0. The van der Waals surface area contributed by atoms with E-state index in [1.54, 1.807) is 0 Å². The Kier molecular flexibility index (Phi) is 14.3. The molecule has 0 bridgehead atoms. The molecule has 0 aliphatic rings. The molecule has 0 radical (unpaired) electrons. The summed E-state index contributed by atoms with van der Waals surface area (Å²) < 4.78 is 0. The van der Waals surface area contributed by atoms with Gasteiger partial charge in [0.2, 0.25) is 6.41 Å². The zero-order valence-corrected chi connectivity index (χ0v) is 7.08. The summed E-state index contributed by atoms with van der Waals surface area (Å²) in [5, 5.41) is 19.3. The zero-order valence-electron chi connectivity index (χ0n) is 7.08. The molecule has 0 spiro atoms. The summed E-state index contributed by atoms with van der Waals surface area (Å²) in [6, 6.07) is 0. The van der Waals surface area contributed by atoms with Gasteiger partial charge in [-0.3, -0.25) is 4.79 Å². The van der Waals surface area contributed by atoms with Crippen LogP contribution in [-0.4, -0.2) is 35.9 Å². The van der Waals surface area contributed by atoms with Crippen LogP contribution < -0.4 is 5.32 Å². The highest BCUT2D eigenvalue weighted by atomic mass is 16.3. The first-order valence-electron chi connectivity index (χ1n) is 3.77. The maximum absolute atomic E-state index is 9.62. The number of rotatable bonds is 5. The van der Waals surface area contributed by atoms with Crippen molar-refractivity contribution in [3.05, 3.63) is 0 Å². The van der Waals surface area contributed by atoms with Gasteiger partial charge in [0, 0.05) is 6.54 Å². The van der Waals surface area contributed by atoms with E-state index in [1.807, 2.05) is 13.8 Å². The van der Waals surface area contributed by atoms with Gasteiger partial charge in [0.25, 0.3) is 0 Å². The summed E-state index contributed by atoms with van der Waals surface area (Å²) >= 11 is 0. The number of amides is 1. The molecule has 4 heteroatoms. The highest BCUT2D eigenvalue weighted by molar-refractivity contribution is 5.45. The normalized spacial score (nSPS) is 10.9. The highest BCUT2D eigenvalue weighted by Gasteiger charge is 1.98. The summed E-state index contributed by atoms with van der Waals surface area (Å²) in [6.45, 7) is 4.16. The number of aliphatic hydroxyl groups excluding tert-OH is 2. The number of hydrogen-bond acceptors (Lipinski definition) is 3. The van der Waals surface area contributed by atoms with E-state index in [2.05, 4.69) is 5.32 Å². The second-order valence-electron chi connectivity index (χ2n) is 1.70. The van der Waals surface area contributed by atoms with Crippen molar-refractivity contribution in [1.82, 2.24) is 5.32 Å². The molecule has 0 aliphatic heterocycles. The predicted octanol–water partition coefficient (Wildman–Crippen LogP) is -0.498. The van der Waals surface area contributed by atoms with Crippen LogP contribution in [0.3, 0.4) is 0 Å². The van der Waals surface area contributed by atoms with Crippen LogP contribution in [0.1, 0.15) is 20.3 Å². The van der Waals surface area contributed by atoms with E-state index in [0.717, 1.165) is 0 Å². The molecule has 0 saturated carbocycles. The molecule has 11 heavy (non-hydrogen) atoms. The zero-order chi connectivity index (χ0) is 9.11. The molecule has 4 nitrogen and oxygen atoms in total. The molecule has 1 unspecified atom stereocenters. The van der Waals surface area contributed by atoms with Gasteiger partial charge in [-0.1, -0.05) is 13.8 Å². The molecule has 0 saturated heterocycles. The van der Waals surface area contributed by atoms with Gasteiger partial charge < -0.3 is 15.5 Å². The van der Waals surface area contributed by atoms with Crippen LogP contribution in [0.5, 0.6) is 0 Å². The average molecular weight is 163 g/mol. The number of carbonyl (C=O) groups excluding carboxylic acids is 1. The minimum atomic E-state index is -0.711. The minimum Gasteiger partial charge on any atom is -0.394 e. The van der Waals surface area contributed by atoms with Crippen molar-refractivity contribution < 1.29 is 15.0 Å². The Morgan fingerprint density at radius 2 is 2.09 bits per heavy atom. The average Bonchev–Trinajstić information content (AvgIpc) is 2.08. The van der Waals surface area contributed by atoms with E-state index in [0.29, 0.717) is 19.4 Å². The third-order valence-corrected chi connectivity index (χ3v) is 0.916. The van der Waals surface area contributed by atoms with Gasteiger partial charge >= 0.3 is 0 Å². The predicted molar refractivity (Wildman–Crippen MR) is 43.1 cm³/mol. The molecule has 0 rings (SSSR count). The van der Waals surface area contributed by atoms with Crippen LogP contribution in [0.2, 0.25) is 0 Å². The van der Waals surface area contributed by atoms with E-state index in [-0.39, 0.29) is 6.61 Å². The Morgan fingerprint density at radius 3 is 2.45 bits per heavy atom. The van der Waals surface area contributed by atoms with Crippen molar-refractivity contribution in [3.8, 4) is 0 Å². The number of carbonyl (C=O) groups is 1. The lowest BCUT2D eigenvalue weighted by Gasteiger charge is -2.03. The maximum Gasteiger partial charge on any atom is 0.207 e. The number of hydrogen-bond donors (Lipinski definition) is 3. The fourth-order valence-electron chi connectivity index (χ4n) is 0.400. The number of aliphatic hydroxyl groups is 2. The molecule has 3 N–H and O–H groups in total. The lowest BCUT2D eigenvalue weighted by atomic mass is 10.3. The summed E-state index contributed by atoms with van der Waals surface area (Å²) in [7, 11) is 0. The van der Waals surface area contributed by atoms with Crippen molar-refractivity contribution in [2.45, 2.75) is 26.4 Å². The molecule has 1 amide bonds. The van der Waals surface area contributed by atoms with E-state index < -0.39 is 6.10 Å². The van der Waals surface area contributed by atoms with Gasteiger partial charge in [0.05, 0.1) is 12.7 Å². The van der Waals surface area contributed by atoms with Crippen molar-refractivity contribution in [2.75, 3.05) is 13.2 Å². The van der Waals surface area contributed by atoms with Crippen molar-refractivity contribution in [1.29, 1.82) is 0 Å². The molecule has 0 fully saturated rings. The van der Waals surface area contributed by atoms with E-state index in [1.165, 1.54) is 0 Å². The van der Waals surface area contributed by atoms with Crippen molar-refractivity contribution >= 4 is 6.41 Å². The van der Waals surface area contributed by atoms with Crippen molar-refractivity contribution in [2.24, 2.45) is 0 Å². The van der Waals surface area contributed by atoms with Crippen LogP contribution in [0.15, 0.2) is 0 Å². The molecule has 1 atom stereocenters. The smallest absolute Gasteiger partial charge is 0.207 e. The Labute approximate surface area is 67.2 Å². The SMILES string of the molecule is CC.O=CNCCC(O)CO. The van der Waals surface area contributed by atoms with Gasteiger partial charge in [-0.2, -0.15) is 0 Å². The monoisotopic (exact) mass is 163 g/mol. The molecule has 0 aliphatic carbocycles. The van der Waals surface area contributed by atoms with Crippen molar-refractivity contribution in [3.63, 3.8) is 0 Å². The Bertz CT molecular complexity index is 78.1. The summed E-state index contributed by atoms with van der Waals surface area (Å²) in [5.41, 5.74) is 0. The van der Waals surface area contributed by atoms with E-state index in [4.69, 9.17) is 10.2 Å². The number of nitrogens with one attached hydrogen (secondary N) is 1. The second-order valence-corrected chi connectivity index (χ2v) is 1.70. The highest BCUT2D eigenvalue weighted by Crippen LogP contribution is 1.85. The largest absolute Gasteiger partial charge is 0.394 e. The quantitative estimate of drug-likeness (QED) is 0.378.